The molecule has 1 aliphatic rings. The number of hydrogen-bond acceptors (Lipinski definition) is 5. The van der Waals surface area contributed by atoms with Crippen molar-refractivity contribution in [2.24, 2.45) is 10.8 Å². The van der Waals surface area contributed by atoms with Gasteiger partial charge in [-0.3, -0.25) is 5.01 Å². The Bertz CT molecular complexity index is 932. The third-order valence-electron chi connectivity index (χ3n) is 5.88. The molecule has 1 saturated heterocycles. The van der Waals surface area contributed by atoms with Crippen LogP contribution in [0.25, 0.3) is 0 Å². The van der Waals surface area contributed by atoms with Gasteiger partial charge >= 0.3 is 0 Å². The number of hydrazone groups is 1. The van der Waals surface area contributed by atoms with Gasteiger partial charge in [0.25, 0.3) is 0 Å². The summed E-state index contributed by atoms with van der Waals surface area (Å²) >= 11 is 0. The Morgan fingerprint density at radius 1 is 1.09 bits per heavy atom. The van der Waals surface area contributed by atoms with Crippen LogP contribution in [-0.4, -0.2) is 51.0 Å². The molecule has 7 heteroatoms. The first-order chi connectivity index (χ1) is 16.3. The summed E-state index contributed by atoms with van der Waals surface area (Å²) in [6, 6.07) is 14.6. The average molecular weight is 469 g/mol. The third-order valence-corrected chi connectivity index (χ3v) is 5.88. The number of rotatable bonds is 9. The smallest absolute Gasteiger partial charge is 0.218 e. The second-order valence-corrected chi connectivity index (χ2v) is 9.59. The van der Waals surface area contributed by atoms with Gasteiger partial charge in [0.05, 0.1) is 46.6 Å². The van der Waals surface area contributed by atoms with Crippen LogP contribution in [-0.2, 0) is 16.7 Å². The Balaban J connectivity index is 1.92. The molecule has 0 unspecified atom stereocenters. The minimum absolute atomic E-state index is 0.107. The first-order valence-electron chi connectivity index (χ1n) is 12.2. The number of methoxy groups -OCH3 is 1. The van der Waals surface area contributed by atoms with E-state index in [-0.39, 0.29) is 5.41 Å². The molecule has 0 radical (unpaired) electrons. The fourth-order valence-corrected chi connectivity index (χ4v) is 3.72. The molecule has 2 aromatic carbocycles. The molecule has 0 saturated carbocycles. The normalized spacial score (nSPS) is 14.7. The van der Waals surface area contributed by atoms with Gasteiger partial charge in [-0.25, -0.2) is 0 Å². The largest absolute Gasteiger partial charge is 0.493 e. The average Bonchev–Trinajstić information content (AvgIpc) is 2.83. The van der Waals surface area contributed by atoms with Gasteiger partial charge in [0.2, 0.25) is 5.96 Å². The highest BCUT2D eigenvalue weighted by Gasteiger charge is 2.19. The maximum absolute atomic E-state index is 6.59. The molecule has 3 rings (SSSR count). The fraction of sp³-hybridized carbons (Fsp3) is 0.519. The van der Waals surface area contributed by atoms with Crippen molar-refractivity contribution in [1.82, 2.24) is 5.01 Å². The summed E-state index contributed by atoms with van der Waals surface area (Å²) in [7, 11) is 1.66. The molecule has 0 bridgehead atoms. The molecule has 0 aromatic heterocycles. The Hall–Kier alpha value is -2.93. The van der Waals surface area contributed by atoms with E-state index in [4.69, 9.17) is 25.0 Å². The van der Waals surface area contributed by atoms with Crippen molar-refractivity contribution >= 4 is 11.6 Å². The number of unbranched alkanes of at least 4 members (excludes halogenated alkanes) is 1. The number of benzene rings is 2. The second kappa shape index (κ2) is 12.0. The predicted octanol–water partition coefficient (Wildman–Crippen LogP) is 4.74. The highest BCUT2D eigenvalue weighted by molar-refractivity contribution is 5.95. The SMILES string of the molecule is CCCCOc1cc(N(Cc2ccc(C(C)(C)C)cc2)C(N)=NN2CCOCC2)ccc1OC. The van der Waals surface area contributed by atoms with Crippen LogP contribution in [0.2, 0.25) is 0 Å². The molecule has 1 heterocycles. The van der Waals surface area contributed by atoms with Crippen LogP contribution in [0.5, 0.6) is 11.5 Å². The van der Waals surface area contributed by atoms with Crippen LogP contribution in [0.15, 0.2) is 47.6 Å². The first-order valence-corrected chi connectivity index (χ1v) is 12.2. The summed E-state index contributed by atoms with van der Waals surface area (Å²) in [4.78, 5) is 2.02. The summed E-state index contributed by atoms with van der Waals surface area (Å²) in [6.45, 7) is 12.8. The molecule has 34 heavy (non-hydrogen) atoms. The van der Waals surface area contributed by atoms with Gasteiger partial charge in [-0.2, -0.15) is 0 Å². The van der Waals surface area contributed by atoms with Crippen molar-refractivity contribution in [3.63, 3.8) is 0 Å². The van der Waals surface area contributed by atoms with Crippen molar-refractivity contribution in [3.05, 3.63) is 53.6 Å². The van der Waals surface area contributed by atoms with Crippen molar-refractivity contribution in [2.45, 2.75) is 52.5 Å². The topological polar surface area (TPSA) is 72.6 Å². The van der Waals surface area contributed by atoms with Crippen LogP contribution in [0.4, 0.5) is 5.69 Å². The minimum Gasteiger partial charge on any atom is -0.493 e. The fourth-order valence-electron chi connectivity index (χ4n) is 3.72. The second-order valence-electron chi connectivity index (χ2n) is 9.59. The lowest BCUT2D eigenvalue weighted by molar-refractivity contribution is 0.0392. The zero-order chi connectivity index (χ0) is 24.6. The van der Waals surface area contributed by atoms with E-state index < -0.39 is 0 Å². The number of nitrogens with two attached hydrogens (primary N) is 1. The Labute approximate surface area is 204 Å². The maximum atomic E-state index is 6.59. The monoisotopic (exact) mass is 468 g/mol. The quantitative estimate of drug-likeness (QED) is 0.326. The van der Waals surface area contributed by atoms with Gasteiger partial charge in [-0.1, -0.05) is 58.4 Å². The van der Waals surface area contributed by atoms with Gasteiger partial charge in [0.15, 0.2) is 11.5 Å². The van der Waals surface area contributed by atoms with Gasteiger partial charge in [0.1, 0.15) is 0 Å². The number of ether oxygens (including phenoxy) is 3. The summed E-state index contributed by atoms with van der Waals surface area (Å²) in [5.74, 6) is 1.85. The van der Waals surface area contributed by atoms with Gasteiger partial charge in [0, 0.05) is 11.8 Å². The van der Waals surface area contributed by atoms with E-state index >= 15 is 0 Å². The molecule has 0 aliphatic carbocycles. The van der Waals surface area contributed by atoms with Crippen LogP contribution in [0.1, 0.15) is 51.7 Å². The van der Waals surface area contributed by atoms with E-state index in [9.17, 15) is 0 Å². The Morgan fingerprint density at radius 2 is 1.79 bits per heavy atom. The number of guanidine groups is 1. The molecule has 1 fully saturated rings. The van der Waals surface area contributed by atoms with Crippen molar-refractivity contribution in [1.29, 1.82) is 0 Å². The van der Waals surface area contributed by atoms with Gasteiger partial charge in [-0.05, 0) is 35.1 Å². The van der Waals surface area contributed by atoms with E-state index in [0.717, 1.165) is 37.2 Å². The van der Waals surface area contributed by atoms with Crippen molar-refractivity contribution in [3.8, 4) is 11.5 Å². The van der Waals surface area contributed by atoms with Crippen molar-refractivity contribution < 1.29 is 14.2 Å². The molecule has 186 valence electrons. The van der Waals surface area contributed by atoms with E-state index in [1.54, 1.807) is 7.11 Å². The maximum Gasteiger partial charge on any atom is 0.218 e. The zero-order valence-electron chi connectivity index (χ0n) is 21.3. The van der Waals surface area contributed by atoms with Crippen LogP contribution in [0.3, 0.4) is 0 Å². The van der Waals surface area contributed by atoms with Gasteiger partial charge < -0.3 is 24.8 Å². The number of morpholine rings is 1. The number of anilines is 1. The Morgan fingerprint density at radius 3 is 2.41 bits per heavy atom. The van der Waals surface area contributed by atoms with E-state index in [0.29, 0.717) is 43.8 Å². The molecule has 2 N–H and O–H groups in total. The molecular weight excluding hydrogens is 428 g/mol. The molecule has 0 amide bonds. The first kappa shape index (κ1) is 25.7. The Kier molecular flexibility index (Phi) is 9.05. The van der Waals surface area contributed by atoms with Crippen LogP contribution < -0.4 is 20.1 Å². The molecule has 2 aromatic rings. The van der Waals surface area contributed by atoms with E-state index in [1.807, 2.05) is 28.1 Å². The zero-order valence-corrected chi connectivity index (χ0v) is 21.3. The van der Waals surface area contributed by atoms with Gasteiger partial charge in [-0.15, -0.1) is 5.10 Å². The standard InChI is InChI=1S/C27H40N4O3/c1-6-7-16-34-25-19-23(12-13-24(25)32-5)31(26(28)29-30-14-17-33-18-15-30)20-21-8-10-22(11-9-21)27(2,3)4/h8-13,19H,6-7,14-18,20H2,1-5H3,(H2,28,29). The van der Waals surface area contributed by atoms with Crippen molar-refractivity contribution in [2.75, 3.05) is 44.9 Å². The lowest BCUT2D eigenvalue weighted by atomic mass is 9.87. The lowest BCUT2D eigenvalue weighted by Gasteiger charge is -2.29. The summed E-state index contributed by atoms with van der Waals surface area (Å²) in [5.41, 5.74) is 10.1. The minimum atomic E-state index is 0.107. The molecule has 0 spiro atoms. The number of hydrogen-bond donors (Lipinski definition) is 1. The predicted molar refractivity (Wildman–Crippen MR) is 139 cm³/mol. The summed E-state index contributed by atoms with van der Waals surface area (Å²) in [6.07, 6.45) is 2.05. The highest BCUT2D eigenvalue weighted by atomic mass is 16.5. The van der Waals surface area contributed by atoms with E-state index in [2.05, 4.69) is 52.0 Å². The van der Waals surface area contributed by atoms with E-state index in [1.165, 1.54) is 5.56 Å². The highest BCUT2D eigenvalue weighted by Crippen LogP contribution is 2.33. The van der Waals surface area contributed by atoms with Crippen LogP contribution in [0, 0.1) is 0 Å². The lowest BCUT2D eigenvalue weighted by Crippen LogP contribution is -2.41. The summed E-state index contributed by atoms with van der Waals surface area (Å²) in [5, 5.41) is 6.68. The molecule has 7 nitrogen and oxygen atoms in total. The van der Waals surface area contributed by atoms with Crippen LogP contribution >= 0.6 is 0 Å². The molecule has 1 aliphatic heterocycles. The number of nitrogens with zero attached hydrogens (tertiary/aromatic N) is 3. The molecule has 0 atom stereocenters. The molecular formula is C27H40N4O3. The third kappa shape index (κ3) is 7.03. The summed E-state index contributed by atoms with van der Waals surface area (Å²) < 4.78 is 17.0.